The molecule has 3 unspecified atom stereocenters. The Kier molecular flexibility index (Phi) is 7.96. The van der Waals surface area contributed by atoms with Crippen LogP contribution >= 0.6 is 21.7 Å². The molecule has 11 heteroatoms. The highest BCUT2D eigenvalue weighted by Gasteiger charge is 2.59. The van der Waals surface area contributed by atoms with Crippen molar-refractivity contribution < 1.29 is 33.8 Å². The van der Waals surface area contributed by atoms with Crippen molar-refractivity contribution in [2.24, 2.45) is 0 Å². The van der Waals surface area contributed by atoms with Gasteiger partial charge in [-0.2, -0.15) is 0 Å². The minimum absolute atomic E-state index is 0.0156. The smallest absolute Gasteiger partial charge is 0.328 e. The molecular formula is C19H23ClN2O7S. The van der Waals surface area contributed by atoms with Crippen molar-refractivity contribution in [2.75, 3.05) is 6.61 Å². The van der Waals surface area contributed by atoms with E-state index in [-0.39, 0.29) is 13.0 Å². The first-order chi connectivity index (χ1) is 14.1. The molecule has 1 fully saturated rings. The summed E-state index contributed by atoms with van der Waals surface area (Å²) in [4.78, 5) is 49.6. The first-order valence-electron chi connectivity index (χ1n) is 9.13. The van der Waals surface area contributed by atoms with E-state index in [9.17, 15) is 24.3 Å². The number of hydrogen-bond donors (Lipinski definition) is 2. The van der Waals surface area contributed by atoms with Gasteiger partial charge in [0.15, 0.2) is 12.6 Å². The van der Waals surface area contributed by atoms with Gasteiger partial charge < -0.3 is 19.9 Å². The van der Waals surface area contributed by atoms with E-state index < -0.39 is 46.8 Å². The monoisotopic (exact) mass is 458 g/mol. The fourth-order valence-electron chi connectivity index (χ4n) is 2.91. The van der Waals surface area contributed by atoms with Gasteiger partial charge in [-0.3, -0.25) is 19.3 Å². The summed E-state index contributed by atoms with van der Waals surface area (Å²) >= 11 is 0. The number of amides is 2. The van der Waals surface area contributed by atoms with Gasteiger partial charge in [0, 0.05) is 6.42 Å². The predicted molar refractivity (Wildman–Crippen MR) is 110 cm³/mol. The van der Waals surface area contributed by atoms with Gasteiger partial charge in [0.25, 0.3) is 11.8 Å². The second kappa shape index (κ2) is 10.0. The number of nitrogens with zero attached hydrogens (tertiary/aromatic N) is 1. The minimum Gasteiger partial charge on any atom is -0.484 e. The molecule has 2 rings (SSSR count). The highest BCUT2D eigenvalue weighted by Crippen LogP contribution is 2.38. The maximum atomic E-state index is 12.7. The van der Waals surface area contributed by atoms with Gasteiger partial charge in [0.1, 0.15) is 11.8 Å². The van der Waals surface area contributed by atoms with Crippen LogP contribution in [0.3, 0.4) is 0 Å². The Balaban J connectivity index is 2.14. The predicted octanol–water partition coefficient (Wildman–Crippen LogP) is 1.79. The lowest BCUT2D eigenvalue weighted by Crippen LogP contribution is -2.77. The molecule has 30 heavy (non-hydrogen) atoms. The van der Waals surface area contributed by atoms with E-state index in [1.54, 1.807) is 51.1 Å². The Labute approximate surface area is 182 Å². The zero-order valence-corrected chi connectivity index (χ0v) is 18.2. The summed E-state index contributed by atoms with van der Waals surface area (Å²) in [5.74, 6) is -2.79. The van der Waals surface area contributed by atoms with E-state index in [2.05, 4.69) is 5.32 Å². The van der Waals surface area contributed by atoms with Crippen LogP contribution in [0.2, 0.25) is 0 Å². The molecule has 2 amide bonds. The molecule has 0 aromatic heterocycles. The second-order valence-corrected chi connectivity index (χ2v) is 8.72. The van der Waals surface area contributed by atoms with Crippen LogP contribution in [0.1, 0.15) is 27.2 Å². The van der Waals surface area contributed by atoms with Gasteiger partial charge in [-0.25, -0.2) is 4.79 Å². The Morgan fingerprint density at radius 1 is 1.30 bits per heavy atom. The van der Waals surface area contributed by atoms with Gasteiger partial charge in [0.05, 0.1) is 4.75 Å². The average Bonchev–Trinajstić information content (AvgIpc) is 2.73. The Hall–Kier alpha value is -2.46. The summed E-state index contributed by atoms with van der Waals surface area (Å²) in [7, 11) is 6.57. The number of esters is 1. The van der Waals surface area contributed by atoms with Crippen LogP contribution in [-0.2, 0) is 23.9 Å². The van der Waals surface area contributed by atoms with Gasteiger partial charge in [-0.15, -0.1) is 0 Å². The van der Waals surface area contributed by atoms with E-state index in [1.807, 2.05) is 0 Å². The molecule has 0 saturated carbocycles. The standard InChI is InChI=1S/C19H23ClN2O7S/c1-4-13(24)29-17-14(21-12(23)10-28-11-8-6-5-7-9-11)16(25)22(17)15(18(26)27)19(2,3)30-20/h5-9,14-15,17H,4,10H2,1-3H3,(H,21,23)(H,26,27). The van der Waals surface area contributed by atoms with Gasteiger partial charge >= 0.3 is 11.9 Å². The maximum absolute atomic E-state index is 12.7. The fraction of sp³-hybridized carbons (Fsp3) is 0.474. The third kappa shape index (κ3) is 5.37. The Morgan fingerprint density at radius 3 is 2.47 bits per heavy atom. The molecule has 1 saturated heterocycles. The minimum atomic E-state index is -1.38. The number of aliphatic carboxylic acids is 1. The summed E-state index contributed by atoms with van der Waals surface area (Å²) in [5, 5.41) is 12.1. The lowest BCUT2D eigenvalue weighted by Gasteiger charge is -2.51. The summed E-state index contributed by atoms with van der Waals surface area (Å²) in [5.41, 5.74) is 0. The molecule has 1 aliphatic rings. The maximum Gasteiger partial charge on any atom is 0.328 e. The summed E-state index contributed by atoms with van der Waals surface area (Å²) in [6.45, 7) is 4.29. The largest absolute Gasteiger partial charge is 0.484 e. The molecule has 2 N–H and O–H groups in total. The summed E-state index contributed by atoms with van der Waals surface area (Å²) in [6, 6.07) is 6.01. The van der Waals surface area contributed by atoms with E-state index in [4.69, 9.17) is 20.2 Å². The number of ether oxygens (including phenoxy) is 2. The van der Waals surface area contributed by atoms with Crippen molar-refractivity contribution in [3.8, 4) is 5.75 Å². The average molecular weight is 459 g/mol. The number of carbonyl (C=O) groups is 4. The van der Waals surface area contributed by atoms with E-state index in [0.29, 0.717) is 5.75 Å². The van der Waals surface area contributed by atoms with E-state index in [1.165, 1.54) is 0 Å². The van der Waals surface area contributed by atoms with Gasteiger partial charge in [-0.05, 0) is 47.6 Å². The van der Waals surface area contributed by atoms with Crippen molar-refractivity contribution in [1.29, 1.82) is 0 Å². The zero-order valence-electron chi connectivity index (χ0n) is 16.7. The molecule has 0 radical (unpaired) electrons. The SMILES string of the molecule is CCC(=O)OC1C(NC(=O)COc2ccccc2)C(=O)N1C(C(=O)O)C(C)(C)SCl. The highest BCUT2D eigenvalue weighted by molar-refractivity contribution is 8.22. The van der Waals surface area contributed by atoms with Crippen molar-refractivity contribution in [1.82, 2.24) is 10.2 Å². The molecule has 3 atom stereocenters. The number of β-lactam (4-membered cyclic amide) rings is 1. The normalized spacial score (nSPS) is 19.5. The lowest BCUT2D eigenvalue weighted by atomic mass is 9.93. The van der Waals surface area contributed by atoms with Crippen LogP contribution in [0.4, 0.5) is 0 Å². The second-order valence-electron chi connectivity index (χ2n) is 7.05. The van der Waals surface area contributed by atoms with Crippen LogP contribution in [-0.4, -0.2) is 63.4 Å². The number of benzene rings is 1. The molecule has 164 valence electrons. The summed E-state index contributed by atoms with van der Waals surface area (Å²) in [6.07, 6.45) is -1.25. The number of hydrogen-bond acceptors (Lipinski definition) is 7. The molecule has 1 heterocycles. The number of rotatable bonds is 10. The molecule has 1 aromatic rings. The summed E-state index contributed by atoms with van der Waals surface area (Å²) < 4.78 is 9.50. The first kappa shape index (κ1) is 23.8. The van der Waals surface area contributed by atoms with Crippen LogP contribution in [0.25, 0.3) is 0 Å². The zero-order chi connectivity index (χ0) is 22.5. The number of carbonyl (C=O) groups excluding carboxylic acids is 3. The third-order valence-corrected chi connectivity index (χ3v) is 6.23. The molecule has 0 bridgehead atoms. The lowest BCUT2D eigenvalue weighted by molar-refractivity contribution is -0.202. The molecule has 9 nitrogen and oxygen atoms in total. The van der Waals surface area contributed by atoms with Crippen LogP contribution in [0.15, 0.2) is 30.3 Å². The molecule has 0 aliphatic carbocycles. The molecule has 1 aliphatic heterocycles. The molecule has 1 aromatic carbocycles. The number of carboxylic acid groups (broad SMARTS) is 1. The number of nitrogens with one attached hydrogen (secondary N) is 1. The number of carboxylic acids is 1. The first-order valence-corrected chi connectivity index (χ1v) is 10.8. The van der Waals surface area contributed by atoms with E-state index >= 15 is 0 Å². The van der Waals surface area contributed by atoms with Crippen molar-refractivity contribution in [2.45, 2.75) is 50.3 Å². The van der Waals surface area contributed by atoms with Gasteiger partial charge in [-0.1, -0.05) is 25.1 Å². The number of para-hydroxylation sites is 1. The van der Waals surface area contributed by atoms with Crippen LogP contribution in [0.5, 0.6) is 5.75 Å². The van der Waals surface area contributed by atoms with Crippen molar-refractivity contribution >= 4 is 45.4 Å². The topological polar surface area (TPSA) is 122 Å². The number of likely N-dealkylation sites (tertiary alicyclic amines) is 1. The Morgan fingerprint density at radius 2 is 1.93 bits per heavy atom. The van der Waals surface area contributed by atoms with E-state index in [0.717, 1.165) is 15.9 Å². The third-order valence-electron chi connectivity index (χ3n) is 4.42. The highest BCUT2D eigenvalue weighted by atomic mass is 35.7. The van der Waals surface area contributed by atoms with Crippen LogP contribution < -0.4 is 10.1 Å². The van der Waals surface area contributed by atoms with Crippen LogP contribution in [0, 0.1) is 0 Å². The molecular weight excluding hydrogens is 436 g/mol. The Bertz CT molecular complexity index is 805. The van der Waals surface area contributed by atoms with Crippen molar-refractivity contribution in [3.05, 3.63) is 30.3 Å². The quantitative estimate of drug-likeness (QED) is 0.402. The number of halogens is 1. The fourth-order valence-corrected chi connectivity index (χ4v) is 3.46. The van der Waals surface area contributed by atoms with Crippen molar-refractivity contribution in [3.63, 3.8) is 0 Å². The van der Waals surface area contributed by atoms with Gasteiger partial charge in [0.2, 0.25) is 6.23 Å². The molecule has 0 spiro atoms.